The van der Waals surface area contributed by atoms with Crippen LogP contribution in [0.3, 0.4) is 0 Å². The Morgan fingerprint density at radius 1 is 1.52 bits per heavy atom. The van der Waals surface area contributed by atoms with Crippen molar-refractivity contribution in [1.29, 1.82) is 0 Å². The molecule has 7 nitrogen and oxygen atoms in total. The van der Waals surface area contributed by atoms with E-state index in [0.717, 1.165) is 0 Å². The minimum atomic E-state index is -1.01. The van der Waals surface area contributed by atoms with Gasteiger partial charge in [0.25, 0.3) is 0 Å². The molecule has 1 aliphatic heterocycles. The number of carbonyl (C=O) groups excluding carboxylic acids is 1. The second kappa shape index (κ2) is 6.26. The minimum Gasteiger partial charge on any atom is -0.481 e. The average Bonchev–Trinajstić information content (AvgIpc) is 3.00. The maximum absolute atomic E-state index is 12.5. The van der Waals surface area contributed by atoms with Gasteiger partial charge in [0, 0.05) is 32.6 Å². The van der Waals surface area contributed by atoms with Gasteiger partial charge in [-0.05, 0) is 25.8 Å². The highest BCUT2D eigenvalue weighted by atomic mass is 16.5. The number of nitrogens with zero attached hydrogens (tertiary/aromatic N) is 3. The summed E-state index contributed by atoms with van der Waals surface area (Å²) in [6, 6.07) is 1.32. The van der Waals surface area contributed by atoms with Crippen molar-refractivity contribution < 1.29 is 19.4 Å². The first-order chi connectivity index (χ1) is 10.00. The van der Waals surface area contributed by atoms with Crippen LogP contribution in [0.5, 0.6) is 0 Å². The van der Waals surface area contributed by atoms with Gasteiger partial charge >= 0.3 is 5.97 Å². The zero-order valence-corrected chi connectivity index (χ0v) is 12.4. The highest BCUT2D eigenvalue weighted by Gasteiger charge is 2.44. The van der Waals surface area contributed by atoms with Gasteiger partial charge < -0.3 is 14.7 Å². The zero-order valence-electron chi connectivity index (χ0n) is 12.4. The third-order valence-corrected chi connectivity index (χ3v) is 4.04. The van der Waals surface area contributed by atoms with Gasteiger partial charge in [-0.25, -0.2) is 0 Å². The summed E-state index contributed by atoms with van der Waals surface area (Å²) in [4.78, 5) is 25.8. The number of carboxylic acid groups (broad SMARTS) is 1. The normalized spacial score (nSPS) is 23.8. The Morgan fingerprint density at radius 3 is 2.86 bits per heavy atom. The highest BCUT2D eigenvalue weighted by Crippen LogP contribution is 2.31. The number of hydrogen-bond acceptors (Lipinski definition) is 4. The van der Waals surface area contributed by atoms with Crippen molar-refractivity contribution in [2.45, 2.75) is 25.8 Å². The number of likely N-dealkylation sites (tertiary alicyclic amines) is 1. The molecule has 1 aliphatic rings. The van der Waals surface area contributed by atoms with E-state index in [9.17, 15) is 14.7 Å². The molecule has 1 saturated heterocycles. The van der Waals surface area contributed by atoms with Gasteiger partial charge in [0.2, 0.25) is 5.91 Å². The molecule has 0 radical (unpaired) electrons. The first-order valence-corrected chi connectivity index (χ1v) is 7.00. The van der Waals surface area contributed by atoms with Gasteiger partial charge in [-0.2, -0.15) is 5.10 Å². The summed E-state index contributed by atoms with van der Waals surface area (Å²) in [7, 11) is 1.48. The van der Waals surface area contributed by atoms with Crippen molar-refractivity contribution in [3.63, 3.8) is 0 Å². The molecule has 0 aliphatic carbocycles. The second-order valence-electron chi connectivity index (χ2n) is 5.54. The number of aliphatic carboxylic acids is 1. The number of methoxy groups -OCH3 is 1. The van der Waals surface area contributed by atoms with Crippen LogP contribution in [0.4, 0.5) is 0 Å². The first-order valence-electron chi connectivity index (χ1n) is 7.00. The molecule has 2 rings (SSSR count). The second-order valence-corrected chi connectivity index (χ2v) is 5.54. The molecule has 116 valence electrons. The van der Waals surface area contributed by atoms with E-state index in [2.05, 4.69) is 5.10 Å². The summed E-state index contributed by atoms with van der Waals surface area (Å²) in [5.74, 6) is -1.02. The van der Waals surface area contributed by atoms with Crippen molar-refractivity contribution in [1.82, 2.24) is 14.7 Å². The Balaban J connectivity index is 2.13. The lowest BCUT2D eigenvalue weighted by atomic mass is 9.80. The third-order valence-electron chi connectivity index (χ3n) is 4.04. The molecule has 21 heavy (non-hydrogen) atoms. The molecule has 2 heterocycles. The molecule has 1 fully saturated rings. The van der Waals surface area contributed by atoms with E-state index < -0.39 is 17.4 Å². The van der Waals surface area contributed by atoms with E-state index in [1.165, 1.54) is 7.11 Å². The quantitative estimate of drug-likeness (QED) is 0.868. The van der Waals surface area contributed by atoms with Gasteiger partial charge in [0.05, 0.1) is 6.61 Å². The van der Waals surface area contributed by atoms with Gasteiger partial charge in [0.1, 0.15) is 11.5 Å². The molecular weight excluding hydrogens is 274 g/mol. The van der Waals surface area contributed by atoms with Crippen molar-refractivity contribution in [2.24, 2.45) is 5.41 Å². The summed E-state index contributed by atoms with van der Waals surface area (Å²) >= 11 is 0. The molecule has 1 amide bonds. The van der Waals surface area contributed by atoms with Crippen LogP contribution in [0.1, 0.15) is 25.8 Å². The Kier molecular flexibility index (Phi) is 4.62. The van der Waals surface area contributed by atoms with E-state index in [-0.39, 0.29) is 19.1 Å². The van der Waals surface area contributed by atoms with Gasteiger partial charge in [0.15, 0.2) is 0 Å². The van der Waals surface area contributed by atoms with Crippen LogP contribution >= 0.6 is 0 Å². The summed E-state index contributed by atoms with van der Waals surface area (Å²) in [6.07, 6.45) is 4.53. The van der Waals surface area contributed by atoms with E-state index in [4.69, 9.17) is 4.74 Å². The number of aromatic nitrogens is 2. The lowest BCUT2D eigenvalue weighted by Crippen LogP contribution is -2.53. The van der Waals surface area contributed by atoms with Crippen LogP contribution in [0.2, 0.25) is 0 Å². The van der Waals surface area contributed by atoms with Gasteiger partial charge in [-0.1, -0.05) is 0 Å². The largest absolute Gasteiger partial charge is 0.481 e. The predicted molar refractivity (Wildman–Crippen MR) is 74.7 cm³/mol. The molecule has 0 unspecified atom stereocenters. The van der Waals surface area contributed by atoms with Crippen LogP contribution in [0.25, 0.3) is 0 Å². The molecule has 1 aromatic heterocycles. The molecule has 0 spiro atoms. The standard InChI is InChI=1S/C14H21N3O4/c1-11(17-8-4-6-15-17)12(18)16-7-3-5-14(9-16,10-21-2)13(19)20/h4,6,8,11H,3,5,7,9-10H2,1-2H3,(H,19,20)/t11-,14-/m0/s1. The van der Waals surface area contributed by atoms with Crippen molar-refractivity contribution >= 4 is 11.9 Å². The Hall–Kier alpha value is -1.89. The van der Waals surface area contributed by atoms with E-state index in [1.807, 2.05) is 0 Å². The number of amides is 1. The van der Waals surface area contributed by atoms with Crippen molar-refractivity contribution in [3.05, 3.63) is 18.5 Å². The molecule has 0 saturated carbocycles. The van der Waals surface area contributed by atoms with Crippen molar-refractivity contribution in [2.75, 3.05) is 26.8 Å². The fourth-order valence-electron chi connectivity index (χ4n) is 2.84. The number of rotatable bonds is 5. The number of piperidine rings is 1. The maximum atomic E-state index is 12.5. The van der Waals surface area contributed by atoms with E-state index in [0.29, 0.717) is 19.4 Å². The molecule has 0 aromatic carbocycles. The molecule has 1 N–H and O–H groups in total. The lowest BCUT2D eigenvalue weighted by molar-refractivity contribution is -0.159. The maximum Gasteiger partial charge on any atom is 0.313 e. The Bertz CT molecular complexity index is 498. The zero-order chi connectivity index (χ0) is 15.5. The van der Waals surface area contributed by atoms with E-state index >= 15 is 0 Å². The monoisotopic (exact) mass is 295 g/mol. The Labute approximate surface area is 123 Å². The fourth-order valence-corrected chi connectivity index (χ4v) is 2.84. The van der Waals surface area contributed by atoms with Crippen molar-refractivity contribution in [3.8, 4) is 0 Å². The van der Waals surface area contributed by atoms with E-state index in [1.54, 1.807) is 35.0 Å². The minimum absolute atomic E-state index is 0.111. The summed E-state index contributed by atoms with van der Waals surface area (Å²) in [6.45, 7) is 2.63. The number of carboxylic acids is 1. The SMILES string of the molecule is COC[C@]1(C(=O)O)CCCN(C(=O)[C@H](C)n2cccn2)C1. The lowest BCUT2D eigenvalue weighted by Gasteiger charge is -2.40. The van der Waals surface area contributed by atoms with Crippen LogP contribution in [0, 0.1) is 5.41 Å². The van der Waals surface area contributed by atoms with Crippen LogP contribution in [-0.2, 0) is 14.3 Å². The summed E-state index contributed by atoms with van der Waals surface area (Å²) in [5, 5.41) is 13.6. The van der Waals surface area contributed by atoms with Gasteiger partial charge in [-0.15, -0.1) is 0 Å². The third kappa shape index (κ3) is 3.07. The molecule has 2 atom stereocenters. The van der Waals surface area contributed by atoms with Gasteiger partial charge in [-0.3, -0.25) is 14.3 Å². The molecular formula is C14H21N3O4. The smallest absolute Gasteiger partial charge is 0.313 e. The topological polar surface area (TPSA) is 84.7 Å². The fraction of sp³-hybridized carbons (Fsp3) is 0.643. The van der Waals surface area contributed by atoms with Crippen LogP contribution < -0.4 is 0 Å². The summed E-state index contributed by atoms with van der Waals surface area (Å²) in [5.41, 5.74) is -1.01. The number of hydrogen-bond donors (Lipinski definition) is 1. The number of carbonyl (C=O) groups is 2. The highest BCUT2D eigenvalue weighted by molar-refractivity contribution is 5.82. The van der Waals surface area contributed by atoms with Crippen LogP contribution in [0.15, 0.2) is 18.5 Å². The van der Waals surface area contributed by atoms with Crippen LogP contribution in [-0.4, -0.2) is 58.5 Å². The summed E-state index contributed by atoms with van der Waals surface area (Å²) < 4.78 is 6.65. The molecule has 1 aromatic rings. The predicted octanol–water partition coefficient (Wildman–Crippen LogP) is 0.784. The Morgan fingerprint density at radius 2 is 2.29 bits per heavy atom. The first kappa shape index (κ1) is 15.5. The molecule has 0 bridgehead atoms. The molecule has 7 heteroatoms. The number of ether oxygens (including phenoxy) is 1. The average molecular weight is 295 g/mol.